The number of carbonyl (C=O) groups excluding carboxylic acids is 1. The van der Waals surface area contributed by atoms with E-state index in [2.05, 4.69) is 5.32 Å². The number of ether oxygens (including phenoxy) is 1. The lowest BCUT2D eigenvalue weighted by Gasteiger charge is -2.19. The van der Waals surface area contributed by atoms with E-state index in [1.54, 1.807) is 12.3 Å². The topological polar surface area (TPSA) is 81.5 Å². The summed E-state index contributed by atoms with van der Waals surface area (Å²) in [5, 5.41) is 13.8. The highest BCUT2D eigenvalue weighted by Crippen LogP contribution is 2.30. The number of hydrogen-bond donors (Lipinski definition) is 1. The molecule has 6 heteroatoms. The third-order valence-corrected chi connectivity index (χ3v) is 3.65. The Morgan fingerprint density at radius 2 is 2.24 bits per heavy atom. The normalized spacial score (nSPS) is 20.4. The molecule has 1 fully saturated rings. The van der Waals surface area contributed by atoms with Gasteiger partial charge in [0.25, 0.3) is 5.69 Å². The summed E-state index contributed by atoms with van der Waals surface area (Å²) in [7, 11) is 1.45. The third-order valence-electron chi connectivity index (χ3n) is 3.65. The predicted molar refractivity (Wildman–Crippen MR) is 79.4 cm³/mol. The minimum atomic E-state index is -0.475. The van der Waals surface area contributed by atoms with Crippen LogP contribution >= 0.6 is 0 Å². The van der Waals surface area contributed by atoms with Crippen molar-refractivity contribution in [1.29, 1.82) is 0 Å². The van der Waals surface area contributed by atoms with Gasteiger partial charge in [0, 0.05) is 23.8 Å². The summed E-state index contributed by atoms with van der Waals surface area (Å²) < 4.78 is 5.14. The summed E-state index contributed by atoms with van der Waals surface area (Å²) in [5.74, 6) is 0.595. The van der Waals surface area contributed by atoms with E-state index in [0.717, 1.165) is 24.8 Å². The van der Waals surface area contributed by atoms with Crippen molar-refractivity contribution in [3.63, 3.8) is 0 Å². The van der Waals surface area contributed by atoms with Crippen LogP contribution in [-0.2, 0) is 4.79 Å². The molecule has 0 aliphatic heterocycles. The molecule has 0 saturated heterocycles. The van der Waals surface area contributed by atoms with Crippen molar-refractivity contribution in [2.75, 3.05) is 12.4 Å². The van der Waals surface area contributed by atoms with E-state index in [9.17, 15) is 14.9 Å². The fourth-order valence-electron chi connectivity index (χ4n) is 2.39. The van der Waals surface area contributed by atoms with Crippen LogP contribution in [0.1, 0.15) is 26.2 Å². The highest BCUT2D eigenvalue weighted by molar-refractivity contribution is 5.97. The fourth-order valence-corrected chi connectivity index (χ4v) is 2.39. The van der Waals surface area contributed by atoms with Crippen LogP contribution in [0.25, 0.3) is 0 Å². The number of nitrogens with zero attached hydrogens (tertiary/aromatic N) is 1. The number of carbonyl (C=O) groups is 1. The first-order chi connectivity index (χ1) is 10.0. The average Bonchev–Trinajstić information content (AvgIpc) is 2.48. The number of nitro benzene ring substituents is 1. The second kappa shape index (κ2) is 6.39. The van der Waals surface area contributed by atoms with Crippen LogP contribution in [0, 0.1) is 16.0 Å². The Kier molecular flexibility index (Phi) is 4.57. The van der Waals surface area contributed by atoms with Crippen LogP contribution < -0.4 is 10.1 Å². The van der Waals surface area contributed by atoms with E-state index >= 15 is 0 Å². The highest BCUT2D eigenvalue weighted by Gasteiger charge is 2.22. The molecule has 6 nitrogen and oxygen atoms in total. The predicted octanol–water partition coefficient (Wildman–Crippen LogP) is 3.29. The van der Waals surface area contributed by atoms with Crippen LogP contribution in [0.5, 0.6) is 5.75 Å². The number of ketones is 1. The minimum absolute atomic E-state index is 0.0348. The lowest BCUT2D eigenvalue weighted by Crippen LogP contribution is -2.19. The molecule has 2 rings (SSSR count). The number of methoxy groups -OCH3 is 1. The van der Waals surface area contributed by atoms with E-state index in [-0.39, 0.29) is 17.4 Å². The van der Waals surface area contributed by atoms with Crippen molar-refractivity contribution >= 4 is 17.2 Å². The van der Waals surface area contributed by atoms with Crippen molar-refractivity contribution in [2.45, 2.75) is 26.2 Å². The van der Waals surface area contributed by atoms with E-state index in [1.807, 2.05) is 6.92 Å². The number of rotatable bonds is 4. The Morgan fingerprint density at radius 1 is 1.48 bits per heavy atom. The molecule has 0 bridgehead atoms. The van der Waals surface area contributed by atoms with Crippen molar-refractivity contribution in [3.05, 3.63) is 40.1 Å². The number of anilines is 1. The van der Waals surface area contributed by atoms with Gasteiger partial charge in [-0.05, 0) is 25.3 Å². The summed E-state index contributed by atoms with van der Waals surface area (Å²) >= 11 is 0. The van der Waals surface area contributed by atoms with Gasteiger partial charge in [-0.3, -0.25) is 14.9 Å². The molecule has 1 atom stereocenters. The molecule has 0 radical (unpaired) electrons. The zero-order chi connectivity index (χ0) is 15.4. The number of benzene rings is 1. The van der Waals surface area contributed by atoms with Gasteiger partial charge in [-0.15, -0.1) is 0 Å². The number of hydrogen-bond acceptors (Lipinski definition) is 5. The zero-order valence-corrected chi connectivity index (χ0v) is 12.1. The third kappa shape index (κ3) is 3.39. The molecule has 0 unspecified atom stereocenters. The van der Waals surface area contributed by atoms with E-state index < -0.39 is 4.92 Å². The second-order valence-corrected chi connectivity index (χ2v) is 5.11. The van der Waals surface area contributed by atoms with E-state index in [4.69, 9.17) is 4.74 Å². The van der Waals surface area contributed by atoms with Crippen LogP contribution in [0.3, 0.4) is 0 Å². The second-order valence-electron chi connectivity index (χ2n) is 5.11. The Labute approximate surface area is 122 Å². The molecule has 0 aromatic heterocycles. The van der Waals surface area contributed by atoms with Gasteiger partial charge in [0.1, 0.15) is 5.75 Å². The van der Waals surface area contributed by atoms with Gasteiger partial charge in [0.15, 0.2) is 5.78 Å². The van der Waals surface area contributed by atoms with Gasteiger partial charge in [0.2, 0.25) is 0 Å². The smallest absolute Gasteiger partial charge is 0.273 e. The van der Waals surface area contributed by atoms with Gasteiger partial charge in [0.05, 0.1) is 23.8 Å². The molecule has 1 saturated carbocycles. The molecule has 0 spiro atoms. The van der Waals surface area contributed by atoms with E-state index in [1.165, 1.54) is 19.2 Å². The highest BCUT2D eigenvalue weighted by atomic mass is 16.6. The van der Waals surface area contributed by atoms with Crippen LogP contribution in [0.4, 0.5) is 11.4 Å². The first-order valence-corrected chi connectivity index (χ1v) is 6.85. The quantitative estimate of drug-likeness (QED) is 0.522. The van der Waals surface area contributed by atoms with Crippen molar-refractivity contribution < 1.29 is 14.5 Å². The Bertz CT molecular complexity index is 595. The average molecular weight is 290 g/mol. The molecule has 1 aromatic carbocycles. The zero-order valence-electron chi connectivity index (χ0n) is 12.1. The van der Waals surface area contributed by atoms with Crippen LogP contribution in [0.2, 0.25) is 0 Å². The molecule has 0 heterocycles. The van der Waals surface area contributed by atoms with Crippen molar-refractivity contribution in [1.82, 2.24) is 0 Å². The first-order valence-electron chi connectivity index (χ1n) is 6.85. The fraction of sp³-hybridized carbons (Fsp3) is 0.400. The molecule has 112 valence electrons. The number of nitro groups is 1. The number of nitrogens with one attached hydrogen (secondary N) is 1. The minimum Gasteiger partial charge on any atom is -0.494 e. The number of Topliss-reactive ketones (excluding diaryl/α,β-unsaturated/α-hetero) is 1. The molecule has 1 N–H and O–H groups in total. The molecule has 1 aliphatic rings. The summed E-state index contributed by atoms with van der Waals surface area (Å²) in [4.78, 5) is 22.3. The SMILES string of the molecule is COc1cc([N+](=O)[O-])ccc1N/C=C1/CCC[C@H](C)C1=O. The lowest BCUT2D eigenvalue weighted by atomic mass is 9.86. The van der Waals surface area contributed by atoms with Gasteiger partial charge < -0.3 is 10.1 Å². The van der Waals surface area contributed by atoms with Gasteiger partial charge in [-0.1, -0.05) is 6.92 Å². The molecule has 21 heavy (non-hydrogen) atoms. The number of allylic oxidation sites excluding steroid dienone is 1. The Morgan fingerprint density at radius 3 is 2.90 bits per heavy atom. The standard InChI is InChI=1S/C15H18N2O4/c1-10-4-3-5-11(15(10)18)9-16-13-7-6-12(17(19)20)8-14(13)21-2/h6-10,16H,3-5H2,1-2H3/b11-9-/t10-/m0/s1. The Balaban J connectivity index is 2.19. The summed E-state index contributed by atoms with van der Waals surface area (Å²) in [6.07, 6.45) is 4.36. The van der Waals surface area contributed by atoms with Crippen LogP contribution in [0.15, 0.2) is 30.0 Å². The maximum atomic E-state index is 12.0. The van der Waals surface area contributed by atoms with Gasteiger partial charge >= 0.3 is 0 Å². The van der Waals surface area contributed by atoms with Crippen LogP contribution in [-0.4, -0.2) is 17.8 Å². The molecular formula is C15H18N2O4. The lowest BCUT2D eigenvalue weighted by molar-refractivity contribution is -0.384. The van der Waals surface area contributed by atoms with E-state index in [0.29, 0.717) is 11.4 Å². The summed E-state index contributed by atoms with van der Waals surface area (Å²) in [5.41, 5.74) is 1.32. The summed E-state index contributed by atoms with van der Waals surface area (Å²) in [6, 6.07) is 4.32. The molecular weight excluding hydrogens is 272 g/mol. The van der Waals surface area contributed by atoms with Crippen molar-refractivity contribution in [3.8, 4) is 5.75 Å². The maximum absolute atomic E-state index is 12.0. The van der Waals surface area contributed by atoms with Gasteiger partial charge in [-0.25, -0.2) is 0 Å². The largest absolute Gasteiger partial charge is 0.494 e. The Hall–Kier alpha value is -2.37. The first kappa shape index (κ1) is 15.0. The molecule has 1 aromatic rings. The molecule has 0 amide bonds. The maximum Gasteiger partial charge on any atom is 0.273 e. The van der Waals surface area contributed by atoms with Crippen molar-refractivity contribution in [2.24, 2.45) is 5.92 Å². The van der Waals surface area contributed by atoms with Gasteiger partial charge in [-0.2, -0.15) is 0 Å². The molecule has 1 aliphatic carbocycles. The number of non-ortho nitro benzene ring substituents is 1. The monoisotopic (exact) mass is 290 g/mol. The summed E-state index contributed by atoms with van der Waals surface area (Å²) in [6.45, 7) is 1.93.